The normalized spacial score (nSPS) is 18.9. The van der Waals surface area contributed by atoms with Crippen molar-refractivity contribution >= 4 is 11.7 Å². The number of Topliss-reactive ketones (excluding diaryl/α,β-unsaturated/α-hetero) is 1. The molecule has 0 atom stereocenters. The highest BCUT2D eigenvalue weighted by atomic mass is 16.2. The molecule has 0 bridgehead atoms. The summed E-state index contributed by atoms with van der Waals surface area (Å²) in [6, 6.07) is 9.23. The standard InChI is InChI=1S/C24H29N3O3/c1-16-5-7-17(8-6-16)27-20-14-24(2,3)15-21(28)18(20)13-19(23(27)30)22(29)26-11-9-25(4)10-12-26/h5-8,13H,9-12,14-15H2,1-4H3/p+1. The zero-order chi connectivity index (χ0) is 21.6. The maximum absolute atomic E-state index is 13.6. The number of pyridine rings is 1. The number of benzene rings is 1. The summed E-state index contributed by atoms with van der Waals surface area (Å²) in [5, 5.41) is 0. The average molecular weight is 409 g/mol. The number of hydrogen-bond donors (Lipinski definition) is 1. The molecule has 6 nitrogen and oxygen atoms in total. The van der Waals surface area contributed by atoms with Crippen molar-refractivity contribution in [1.29, 1.82) is 0 Å². The van der Waals surface area contributed by atoms with E-state index in [4.69, 9.17) is 0 Å². The first kappa shape index (κ1) is 20.5. The van der Waals surface area contributed by atoms with Gasteiger partial charge in [0, 0.05) is 23.4 Å². The molecular formula is C24H30N3O3+. The van der Waals surface area contributed by atoms with Crippen LogP contribution in [-0.4, -0.2) is 54.4 Å². The third-order valence-electron chi connectivity index (χ3n) is 6.32. The van der Waals surface area contributed by atoms with Crippen LogP contribution in [0.3, 0.4) is 0 Å². The molecular weight excluding hydrogens is 378 g/mol. The van der Waals surface area contributed by atoms with E-state index in [1.165, 1.54) is 4.90 Å². The van der Waals surface area contributed by atoms with Gasteiger partial charge in [-0.05, 0) is 37.0 Å². The zero-order valence-electron chi connectivity index (χ0n) is 18.2. The first-order chi connectivity index (χ1) is 14.2. The van der Waals surface area contributed by atoms with Crippen LogP contribution in [0.2, 0.25) is 0 Å². The predicted octanol–water partition coefficient (Wildman–Crippen LogP) is 1.27. The Balaban J connectivity index is 1.89. The topological polar surface area (TPSA) is 63.8 Å². The molecule has 0 radical (unpaired) electrons. The quantitative estimate of drug-likeness (QED) is 0.814. The van der Waals surface area contributed by atoms with Crippen molar-refractivity contribution in [2.45, 2.75) is 33.6 Å². The number of nitrogens with one attached hydrogen (secondary N) is 1. The van der Waals surface area contributed by atoms with Crippen molar-refractivity contribution in [3.63, 3.8) is 0 Å². The number of carbonyl (C=O) groups is 2. The summed E-state index contributed by atoms with van der Waals surface area (Å²) < 4.78 is 1.60. The van der Waals surface area contributed by atoms with Gasteiger partial charge in [0.15, 0.2) is 5.78 Å². The van der Waals surface area contributed by atoms with Gasteiger partial charge >= 0.3 is 0 Å². The van der Waals surface area contributed by atoms with Gasteiger partial charge in [0.25, 0.3) is 11.5 Å². The fourth-order valence-electron chi connectivity index (χ4n) is 4.50. The lowest BCUT2D eigenvalue weighted by Gasteiger charge is -2.33. The number of amides is 1. The number of rotatable bonds is 2. The van der Waals surface area contributed by atoms with Crippen LogP contribution in [-0.2, 0) is 6.42 Å². The van der Waals surface area contributed by atoms with Crippen LogP contribution < -0.4 is 10.5 Å². The minimum absolute atomic E-state index is 0.000941. The van der Waals surface area contributed by atoms with Gasteiger partial charge in [-0.1, -0.05) is 31.5 Å². The SMILES string of the molecule is Cc1ccc(-n2c3c(cc(C(=O)N4CC[NH+](C)CC4)c2=O)C(=O)CC(C)(C)C3)cc1. The lowest BCUT2D eigenvalue weighted by atomic mass is 9.75. The van der Waals surface area contributed by atoms with Crippen molar-refractivity contribution in [3.05, 3.63) is 63.1 Å². The molecule has 1 amide bonds. The Morgan fingerprint density at radius 2 is 1.67 bits per heavy atom. The minimum Gasteiger partial charge on any atom is -0.334 e. The number of nitrogens with zero attached hydrogens (tertiary/aromatic N) is 2. The summed E-state index contributed by atoms with van der Waals surface area (Å²) >= 11 is 0. The van der Waals surface area contributed by atoms with E-state index in [0.717, 1.165) is 18.7 Å². The molecule has 2 aliphatic rings. The largest absolute Gasteiger partial charge is 0.334 e. The third kappa shape index (κ3) is 3.72. The zero-order valence-corrected chi connectivity index (χ0v) is 18.2. The molecule has 1 aliphatic carbocycles. The molecule has 1 aliphatic heterocycles. The van der Waals surface area contributed by atoms with E-state index in [9.17, 15) is 14.4 Å². The lowest BCUT2D eigenvalue weighted by molar-refractivity contribution is -0.883. The van der Waals surface area contributed by atoms with Crippen LogP contribution >= 0.6 is 0 Å². The van der Waals surface area contributed by atoms with Crippen LogP contribution in [0.1, 0.15) is 52.2 Å². The van der Waals surface area contributed by atoms with Crippen molar-refractivity contribution < 1.29 is 14.5 Å². The molecule has 0 saturated carbocycles. The minimum atomic E-state index is -0.334. The van der Waals surface area contributed by atoms with Gasteiger partial charge in [0.05, 0.1) is 33.2 Å². The molecule has 158 valence electrons. The Kier molecular flexibility index (Phi) is 5.14. The fraction of sp³-hybridized carbons (Fsp3) is 0.458. The molecule has 1 fully saturated rings. The third-order valence-corrected chi connectivity index (χ3v) is 6.32. The highest BCUT2D eigenvalue weighted by Gasteiger charge is 2.36. The molecule has 4 rings (SSSR count). The highest BCUT2D eigenvalue weighted by Crippen LogP contribution is 2.35. The number of aryl methyl sites for hydroxylation is 1. The van der Waals surface area contributed by atoms with Crippen LogP contribution in [0.5, 0.6) is 0 Å². The van der Waals surface area contributed by atoms with Gasteiger partial charge < -0.3 is 9.80 Å². The van der Waals surface area contributed by atoms with Crippen LogP contribution in [0.4, 0.5) is 0 Å². The van der Waals surface area contributed by atoms with E-state index in [-0.39, 0.29) is 28.2 Å². The van der Waals surface area contributed by atoms with Gasteiger partial charge in [-0.15, -0.1) is 0 Å². The van der Waals surface area contributed by atoms with Crippen LogP contribution in [0.25, 0.3) is 5.69 Å². The highest BCUT2D eigenvalue weighted by molar-refractivity contribution is 6.02. The first-order valence-electron chi connectivity index (χ1n) is 10.7. The summed E-state index contributed by atoms with van der Waals surface area (Å²) in [5.41, 5.74) is 2.55. The summed E-state index contributed by atoms with van der Waals surface area (Å²) in [7, 11) is 2.10. The van der Waals surface area contributed by atoms with E-state index >= 15 is 0 Å². The molecule has 1 N–H and O–H groups in total. The Labute approximate surface area is 177 Å². The number of aromatic nitrogens is 1. The summed E-state index contributed by atoms with van der Waals surface area (Å²) in [6.07, 6.45) is 1.03. The van der Waals surface area contributed by atoms with Crippen LogP contribution in [0, 0.1) is 12.3 Å². The van der Waals surface area contributed by atoms with Gasteiger partial charge in [-0.3, -0.25) is 19.0 Å². The number of likely N-dealkylation sites (N-methyl/N-ethyl adjacent to an activating group) is 1. The van der Waals surface area contributed by atoms with Crippen molar-refractivity contribution in [2.24, 2.45) is 5.41 Å². The molecule has 1 saturated heterocycles. The van der Waals surface area contributed by atoms with E-state index in [1.54, 1.807) is 15.5 Å². The Bertz CT molecular complexity index is 1060. The molecule has 0 unspecified atom stereocenters. The monoisotopic (exact) mass is 408 g/mol. The van der Waals surface area contributed by atoms with E-state index in [1.807, 2.05) is 45.0 Å². The second-order valence-electron chi connectivity index (χ2n) is 9.58. The van der Waals surface area contributed by atoms with Crippen LogP contribution in [0.15, 0.2) is 35.1 Å². The maximum Gasteiger partial charge on any atom is 0.268 e. The fourth-order valence-corrected chi connectivity index (χ4v) is 4.50. The predicted molar refractivity (Wildman–Crippen MR) is 116 cm³/mol. The van der Waals surface area contributed by atoms with Crippen molar-refractivity contribution in [1.82, 2.24) is 9.47 Å². The molecule has 2 heterocycles. The molecule has 1 aromatic heterocycles. The second kappa shape index (κ2) is 7.51. The summed E-state index contributed by atoms with van der Waals surface area (Å²) in [4.78, 5) is 43.0. The smallest absolute Gasteiger partial charge is 0.268 e. The number of quaternary nitrogens is 1. The van der Waals surface area contributed by atoms with Gasteiger partial charge in [0.2, 0.25) is 0 Å². The Morgan fingerprint density at radius 1 is 1.03 bits per heavy atom. The van der Waals surface area contributed by atoms with E-state index in [2.05, 4.69) is 7.05 Å². The van der Waals surface area contributed by atoms with Crippen molar-refractivity contribution in [2.75, 3.05) is 33.2 Å². The van der Waals surface area contributed by atoms with E-state index in [0.29, 0.717) is 42.9 Å². The lowest BCUT2D eigenvalue weighted by Crippen LogP contribution is -3.12. The average Bonchev–Trinajstić information content (AvgIpc) is 2.68. The van der Waals surface area contributed by atoms with Gasteiger partial charge in [0.1, 0.15) is 5.56 Å². The molecule has 1 aromatic carbocycles. The molecule has 0 spiro atoms. The Morgan fingerprint density at radius 3 is 2.30 bits per heavy atom. The second-order valence-corrected chi connectivity index (χ2v) is 9.58. The number of ketones is 1. The number of hydrogen-bond acceptors (Lipinski definition) is 3. The van der Waals surface area contributed by atoms with Gasteiger partial charge in [-0.2, -0.15) is 0 Å². The van der Waals surface area contributed by atoms with Crippen molar-refractivity contribution in [3.8, 4) is 5.69 Å². The maximum atomic E-state index is 13.6. The molecule has 2 aromatic rings. The number of piperazine rings is 1. The number of fused-ring (bicyclic) bond motifs is 1. The Hall–Kier alpha value is -2.73. The first-order valence-corrected chi connectivity index (χ1v) is 10.7. The van der Waals surface area contributed by atoms with Gasteiger partial charge in [-0.25, -0.2) is 0 Å². The summed E-state index contributed by atoms with van der Waals surface area (Å²) in [5.74, 6) is -0.271. The molecule has 6 heteroatoms. The summed E-state index contributed by atoms with van der Waals surface area (Å²) in [6.45, 7) is 9.03. The number of carbonyl (C=O) groups excluding carboxylic acids is 2. The van der Waals surface area contributed by atoms with E-state index < -0.39 is 0 Å². The molecule has 30 heavy (non-hydrogen) atoms.